The van der Waals surface area contributed by atoms with E-state index < -0.39 is 48.7 Å². The topological polar surface area (TPSA) is 127 Å². The Hall–Kier alpha value is -3.30. The molecule has 0 N–H and O–H groups in total. The fraction of sp³-hybridized carbons (Fsp3) is 0.444. The summed E-state index contributed by atoms with van der Waals surface area (Å²) < 4.78 is 10.0. The Kier molecular flexibility index (Phi) is 7.19. The van der Waals surface area contributed by atoms with Crippen LogP contribution in [0.2, 0.25) is 0 Å². The molecule has 28 heavy (non-hydrogen) atoms. The molecule has 0 radical (unpaired) electrons. The van der Waals surface area contributed by atoms with Crippen LogP contribution in [0, 0.1) is 5.92 Å². The number of ether oxygens (including phenoxy) is 2. The molecule has 0 atom stereocenters. The molecule has 0 aromatic rings. The fourth-order valence-corrected chi connectivity index (χ4v) is 2.42. The van der Waals surface area contributed by atoms with Crippen LogP contribution in [0.5, 0.6) is 0 Å². The molecule has 10 nitrogen and oxygen atoms in total. The van der Waals surface area contributed by atoms with Gasteiger partial charge in [0.1, 0.15) is 13.1 Å². The minimum atomic E-state index is -0.683. The molecule has 0 aromatic heterocycles. The zero-order valence-electron chi connectivity index (χ0n) is 15.3. The van der Waals surface area contributed by atoms with E-state index in [-0.39, 0.29) is 19.1 Å². The van der Waals surface area contributed by atoms with E-state index in [0.717, 1.165) is 34.1 Å². The van der Waals surface area contributed by atoms with Crippen LogP contribution >= 0.6 is 0 Å². The van der Waals surface area contributed by atoms with Crippen molar-refractivity contribution in [3.63, 3.8) is 0 Å². The molecule has 150 valence electrons. The van der Waals surface area contributed by atoms with E-state index in [4.69, 9.17) is 9.47 Å². The van der Waals surface area contributed by atoms with Gasteiger partial charge in [0.15, 0.2) is 0 Å². The number of esters is 2. The molecule has 2 aliphatic heterocycles. The van der Waals surface area contributed by atoms with E-state index >= 15 is 0 Å². The molecule has 4 amide bonds. The van der Waals surface area contributed by atoms with Gasteiger partial charge < -0.3 is 9.47 Å². The van der Waals surface area contributed by atoms with Crippen molar-refractivity contribution in [3.8, 4) is 0 Å². The Bertz CT molecular complexity index is 657. The minimum absolute atomic E-state index is 0.0639. The summed E-state index contributed by atoms with van der Waals surface area (Å²) in [6.07, 6.45) is 5.35. The number of imide groups is 2. The van der Waals surface area contributed by atoms with Gasteiger partial charge in [0.2, 0.25) is 0 Å². The Morgan fingerprint density at radius 2 is 1.07 bits per heavy atom. The summed E-state index contributed by atoms with van der Waals surface area (Å²) in [6.45, 7) is 1.20. The molecule has 2 rings (SSSR count). The molecule has 0 aromatic carbocycles. The second-order valence-electron chi connectivity index (χ2n) is 6.32. The molecule has 0 aliphatic carbocycles. The van der Waals surface area contributed by atoms with Crippen LogP contribution < -0.4 is 0 Å². The van der Waals surface area contributed by atoms with Crippen LogP contribution in [0.1, 0.15) is 19.8 Å². The first-order valence-electron chi connectivity index (χ1n) is 8.66. The van der Waals surface area contributed by atoms with Gasteiger partial charge in [-0.1, -0.05) is 6.92 Å². The van der Waals surface area contributed by atoms with E-state index in [0.29, 0.717) is 12.8 Å². The van der Waals surface area contributed by atoms with Gasteiger partial charge in [-0.05, 0) is 18.8 Å². The molecule has 0 saturated heterocycles. The molecule has 2 heterocycles. The maximum Gasteiger partial charge on any atom is 0.326 e. The minimum Gasteiger partial charge on any atom is -0.464 e. The monoisotopic (exact) mass is 392 g/mol. The van der Waals surface area contributed by atoms with E-state index in [1.54, 1.807) is 0 Å². The Morgan fingerprint density at radius 1 is 0.750 bits per heavy atom. The molecular weight excluding hydrogens is 372 g/mol. The summed E-state index contributed by atoms with van der Waals surface area (Å²) in [7, 11) is 0. The largest absolute Gasteiger partial charge is 0.464 e. The fourth-order valence-electron chi connectivity index (χ4n) is 2.42. The predicted molar refractivity (Wildman–Crippen MR) is 92.0 cm³/mol. The van der Waals surface area contributed by atoms with Crippen LogP contribution in [0.15, 0.2) is 24.3 Å². The number of hydrogen-bond donors (Lipinski definition) is 0. The van der Waals surface area contributed by atoms with E-state index in [9.17, 15) is 28.8 Å². The van der Waals surface area contributed by atoms with E-state index in [2.05, 4.69) is 0 Å². The highest BCUT2D eigenvalue weighted by molar-refractivity contribution is 6.14. The van der Waals surface area contributed by atoms with Crippen LogP contribution in [0.25, 0.3) is 0 Å². The summed E-state index contributed by atoms with van der Waals surface area (Å²) in [4.78, 5) is 70.3. The molecule has 0 unspecified atom stereocenters. The highest BCUT2D eigenvalue weighted by Crippen LogP contribution is 2.09. The van der Waals surface area contributed by atoms with Crippen molar-refractivity contribution < 1.29 is 38.2 Å². The number of hydrogen-bond acceptors (Lipinski definition) is 8. The van der Waals surface area contributed by atoms with Crippen molar-refractivity contribution in [3.05, 3.63) is 24.3 Å². The van der Waals surface area contributed by atoms with E-state index in [1.165, 1.54) is 0 Å². The number of amides is 4. The summed E-state index contributed by atoms with van der Waals surface area (Å²) in [6, 6.07) is 0. The smallest absolute Gasteiger partial charge is 0.326 e. The average molecular weight is 392 g/mol. The SMILES string of the molecule is CC(CCOC(=O)CN1C(=O)C=CC1=O)CCOC(=O)CN1C(=O)C=CC1=O. The highest BCUT2D eigenvalue weighted by Gasteiger charge is 2.27. The Morgan fingerprint density at radius 3 is 1.39 bits per heavy atom. The summed E-state index contributed by atoms with van der Waals surface area (Å²) >= 11 is 0. The zero-order chi connectivity index (χ0) is 20.7. The standard InChI is InChI=1S/C18H20N2O8/c1-12(6-8-27-17(25)10-19-13(21)2-3-14(19)22)7-9-28-18(26)11-20-15(23)4-5-16(20)24/h2-5,12H,6-11H2,1H3. The second kappa shape index (κ2) is 9.58. The van der Waals surface area contributed by atoms with Crippen LogP contribution in [0.3, 0.4) is 0 Å². The first-order valence-corrected chi connectivity index (χ1v) is 8.66. The lowest BCUT2D eigenvalue weighted by molar-refractivity contribution is -0.152. The lowest BCUT2D eigenvalue weighted by Crippen LogP contribution is -2.36. The van der Waals surface area contributed by atoms with Crippen LogP contribution in [-0.2, 0) is 38.2 Å². The van der Waals surface area contributed by atoms with Gasteiger partial charge in [-0.2, -0.15) is 0 Å². The van der Waals surface area contributed by atoms with Crippen molar-refractivity contribution in [2.45, 2.75) is 19.8 Å². The number of carbonyl (C=O) groups is 6. The second-order valence-corrected chi connectivity index (χ2v) is 6.32. The highest BCUT2D eigenvalue weighted by atomic mass is 16.5. The Balaban J connectivity index is 1.55. The van der Waals surface area contributed by atoms with Crippen LogP contribution in [0.4, 0.5) is 0 Å². The van der Waals surface area contributed by atoms with Gasteiger partial charge in [-0.15, -0.1) is 0 Å². The van der Waals surface area contributed by atoms with Gasteiger partial charge in [0.25, 0.3) is 23.6 Å². The molecule has 0 bridgehead atoms. The molecule has 2 aliphatic rings. The molecule has 10 heteroatoms. The van der Waals surface area contributed by atoms with Crippen molar-refractivity contribution in [2.24, 2.45) is 5.92 Å². The maximum absolute atomic E-state index is 11.7. The average Bonchev–Trinajstić information content (AvgIpc) is 3.12. The third-order valence-electron chi connectivity index (χ3n) is 4.12. The molecule has 0 fully saturated rings. The zero-order valence-corrected chi connectivity index (χ0v) is 15.3. The van der Waals surface area contributed by atoms with E-state index in [1.807, 2.05) is 6.92 Å². The Labute approximate surface area is 160 Å². The first-order chi connectivity index (χ1) is 13.3. The van der Waals surface area contributed by atoms with Gasteiger partial charge in [-0.25, -0.2) is 0 Å². The lowest BCUT2D eigenvalue weighted by atomic mass is 10.1. The van der Waals surface area contributed by atoms with Gasteiger partial charge >= 0.3 is 11.9 Å². The van der Waals surface area contributed by atoms with Gasteiger partial charge in [0, 0.05) is 24.3 Å². The van der Waals surface area contributed by atoms with Crippen molar-refractivity contribution in [1.29, 1.82) is 0 Å². The number of carbonyl (C=O) groups excluding carboxylic acids is 6. The lowest BCUT2D eigenvalue weighted by Gasteiger charge is -2.15. The summed E-state index contributed by atoms with van der Waals surface area (Å²) in [5.74, 6) is -3.50. The van der Waals surface area contributed by atoms with Crippen LogP contribution in [-0.4, -0.2) is 71.7 Å². The quantitative estimate of drug-likeness (QED) is 0.354. The number of nitrogens with zero attached hydrogens (tertiary/aromatic N) is 2. The third kappa shape index (κ3) is 5.86. The molecule has 0 spiro atoms. The predicted octanol–water partition coefficient (Wildman–Crippen LogP) is -0.661. The van der Waals surface area contributed by atoms with Gasteiger partial charge in [0.05, 0.1) is 13.2 Å². The summed E-state index contributed by atoms with van der Waals surface area (Å²) in [5, 5.41) is 0. The van der Waals surface area contributed by atoms with Gasteiger partial charge in [-0.3, -0.25) is 38.6 Å². The number of rotatable bonds is 10. The molecular formula is C18H20N2O8. The maximum atomic E-state index is 11.7. The third-order valence-corrected chi connectivity index (χ3v) is 4.12. The van der Waals surface area contributed by atoms with Crippen molar-refractivity contribution in [1.82, 2.24) is 9.80 Å². The van der Waals surface area contributed by atoms with Crippen molar-refractivity contribution >= 4 is 35.6 Å². The van der Waals surface area contributed by atoms with Crippen molar-refractivity contribution in [2.75, 3.05) is 26.3 Å². The summed E-state index contributed by atoms with van der Waals surface area (Å²) in [5.41, 5.74) is 0. The first kappa shape index (κ1) is 21.0. The molecule has 0 saturated carbocycles. The normalized spacial score (nSPS) is 15.9.